The van der Waals surface area contributed by atoms with E-state index in [-0.39, 0.29) is 11.6 Å². The quantitative estimate of drug-likeness (QED) is 0.342. The zero-order chi connectivity index (χ0) is 14.8. The van der Waals surface area contributed by atoms with Crippen LogP contribution >= 0.6 is 0 Å². The molecule has 0 saturated carbocycles. The fourth-order valence-electron chi connectivity index (χ4n) is 1.78. The zero-order valence-corrected chi connectivity index (χ0v) is 11.7. The van der Waals surface area contributed by atoms with E-state index >= 15 is 0 Å². The van der Waals surface area contributed by atoms with Gasteiger partial charge in [-0.1, -0.05) is 38.3 Å². The Kier molecular flexibility index (Phi) is 7.03. The number of hydrogen-bond acceptors (Lipinski definition) is 3. The number of nitro benzene ring substituents is 1. The van der Waals surface area contributed by atoms with Crippen molar-refractivity contribution in [2.24, 2.45) is 0 Å². The minimum atomic E-state index is -0.456. The molecule has 0 atom stereocenters. The van der Waals surface area contributed by atoms with Crippen LogP contribution in [-0.4, -0.2) is 17.4 Å². The van der Waals surface area contributed by atoms with Gasteiger partial charge < -0.3 is 5.32 Å². The molecule has 0 radical (unpaired) electrons. The highest BCUT2D eigenvalue weighted by Gasteiger charge is 2.09. The van der Waals surface area contributed by atoms with Crippen molar-refractivity contribution >= 4 is 17.7 Å². The maximum atomic E-state index is 11.6. The average molecular weight is 276 g/mol. The second-order valence-electron chi connectivity index (χ2n) is 4.50. The molecule has 0 heterocycles. The Bertz CT molecular complexity index is 484. The van der Waals surface area contributed by atoms with Gasteiger partial charge in [0.15, 0.2) is 0 Å². The largest absolute Gasteiger partial charge is 0.353 e. The Labute approximate surface area is 118 Å². The van der Waals surface area contributed by atoms with Gasteiger partial charge in [0.2, 0.25) is 5.91 Å². The summed E-state index contributed by atoms with van der Waals surface area (Å²) in [6.07, 6.45) is 7.19. The smallest absolute Gasteiger partial charge is 0.276 e. The Morgan fingerprint density at radius 2 is 2.05 bits per heavy atom. The first-order valence-corrected chi connectivity index (χ1v) is 6.84. The van der Waals surface area contributed by atoms with Crippen LogP contribution in [0.15, 0.2) is 30.3 Å². The van der Waals surface area contributed by atoms with Gasteiger partial charge in [0.25, 0.3) is 5.69 Å². The van der Waals surface area contributed by atoms with Crippen molar-refractivity contribution in [3.8, 4) is 0 Å². The number of hydrogen-bond donors (Lipinski definition) is 1. The van der Waals surface area contributed by atoms with E-state index in [9.17, 15) is 14.9 Å². The molecule has 0 aliphatic rings. The standard InChI is InChI=1S/C15H20N2O3/c1-2-3-4-7-12-16-15(18)11-10-13-8-5-6-9-14(13)17(19)20/h5-6,8-11H,2-4,7,12H2,1H3,(H,16,18). The molecule has 1 aromatic carbocycles. The number of nitro groups is 1. The minimum absolute atomic E-state index is 0.000467. The lowest BCUT2D eigenvalue weighted by Gasteiger charge is -2.01. The van der Waals surface area contributed by atoms with Crippen molar-refractivity contribution in [1.29, 1.82) is 0 Å². The summed E-state index contributed by atoms with van der Waals surface area (Å²) in [5.41, 5.74) is 0.429. The highest BCUT2D eigenvalue weighted by molar-refractivity contribution is 5.92. The van der Waals surface area contributed by atoms with E-state index in [1.54, 1.807) is 18.2 Å². The van der Waals surface area contributed by atoms with Gasteiger partial charge in [-0.15, -0.1) is 0 Å². The fourth-order valence-corrected chi connectivity index (χ4v) is 1.78. The van der Waals surface area contributed by atoms with Gasteiger partial charge in [-0.3, -0.25) is 14.9 Å². The number of amides is 1. The summed E-state index contributed by atoms with van der Waals surface area (Å²) >= 11 is 0. The summed E-state index contributed by atoms with van der Waals surface area (Å²) < 4.78 is 0. The normalized spacial score (nSPS) is 10.7. The summed E-state index contributed by atoms with van der Waals surface area (Å²) in [7, 11) is 0. The van der Waals surface area contributed by atoms with Gasteiger partial charge in [-0.2, -0.15) is 0 Å². The van der Waals surface area contributed by atoms with Crippen molar-refractivity contribution in [3.63, 3.8) is 0 Å². The number of nitrogens with one attached hydrogen (secondary N) is 1. The summed E-state index contributed by atoms with van der Waals surface area (Å²) in [4.78, 5) is 21.9. The number of benzene rings is 1. The molecule has 0 aliphatic heterocycles. The van der Waals surface area contributed by atoms with Gasteiger partial charge >= 0.3 is 0 Å². The van der Waals surface area contributed by atoms with Gasteiger partial charge in [-0.05, 0) is 18.6 Å². The van der Waals surface area contributed by atoms with Gasteiger partial charge in [0.1, 0.15) is 0 Å². The number of nitrogens with zero attached hydrogens (tertiary/aromatic N) is 1. The molecule has 5 nitrogen and oxygen atoms in total. The number of carbonyl (C=O) groups excluding carboxylic acids is 1. The molecule has 0 unspecified atom stereocenters. The number of unbranched alkanes of at least 4 members (excludes halogenated alkanes) is 3. The third kappa shape index (κ3) is 5.65. The topological polar surface area (TPSA) is 72.2 Å². The van der Waals surface area contributed by atoms with E-state index in [1.807, 2.05) is 0 Å². The predicted molar refractivity (Wildman–Crippen MR) is 79.3 cm³/mol. The number of para-hydroxylation sites is 1. The molecule has 0 bridgehead atoms. The molecule has 1 amide bonds. The Morgan fingerprint density at radius 3 is 2.75 bits per heavy atom. The third-order valence-electron chi connectivity index (χ3n) is 2.88. The molecule has 1 aromatic rings. The SMILES string of the molecule is CCCCCCNC(=O)C=Cc1ccccc1[N+](=O)[O-]. The van der Waals surface area contributed by atoms with Crippen molar-refractivity contribution in [3.05, 3.63) is 46.0 Å². The highest BCUT2D eigenvalue weighted by atomic mass is 16.6. The summed E-state index contributed by atoms with van der Waals surface area (Å²) in [5.74, 6) is -0.223. The Balaban J connectivity index is 2.47. The fraction of sp³-hybridized carbons (Fsp3) is 0.400. The predicted octanol–water partition coefficient (Wildman–Crippen LogP) is 3.30. The van der Waals surface area contributed by atoms with Crippen LogP contribution < -0.4 is 5.32 Å². The van der Waals surface area contributed by atoms with Crippen LogP contribution in [0.3, 0.4) is 0 Å². The summed E-state index contributed by atoms with van der Waals surface area (Å²) in [5, 5.41) is 13.6. The van der Waals surface area contributed by atoms with Crippen LogP contribution in [0.1, 0.15) is 38.2 Å². The Hall–Kier alpha value is -2.17. The second-order valence-corrected chi connectivity index (χ2v) is 4.50. The van der Waals surface area contributed by atoms with Crippen molar-refractivity contribution in [2.75, 3.05) is 6.54 Å². The molecule has 108 valence electrons. The molecule has 1 N–H and O–H groups in total. The zero-order valence-electron chi connectivity index (χ0n) is 11.7. The van der Waals surface area contributed by atoms with Crippen LogP contribution in [0.2, 0.25) is 0 Å². The third-order valence-corrected chi connectivity index (χ3v) is 2.88. The maximum Gasteiger partial charge on any atom is 0.276 e. The summed E-state index contributed by atoms with van der Waals surface area (Å²) in [6.45, 7) is 2.77. The van der Waals surface area contributed by atoms with E-state index in [2.05, 4.69) is 12.2 Å². The molecule has 20 heavy (non-hydrogen) atoms. The lowest BCUT2D eigenvalue weighted by Crippen LogP contribution is -2.21. The molecule has 5 heteroatoms. The van der Waals surface area contributed by atoms with E-state index < -0.39 is 4.92 Å². The summed E-state index contributed by atoms with van der Waals surface area (Å²) in [6, 6.07) is 6.34. The van der Waals surface area contributed by atoms with Gasteiger partial charge in [0.05, 0.1) is 10.5 Å². The van der Waals surface area contributed by atoms with E-state index in [1.165, 1.54) is 24.6 Å². The van der Waals surface area contributed by atoms with Crippen LogP contribution in [0, 0.1) is 10.1 Å². The van der Waals surface area contributed by atoms with Crippen LogP contribution in [-0.2, 0) is 4.79 Å². The molecular formula is C15H20N2O3. The average Bonchev–Trinajstić information content (AvgIpc) is 2.45. The Morgan fingerprint density at radius 1 is 1.30 bits per heavy atom. The van der Waals surface area contributed by atoms with E-state index in [0.29, 0.717) is 12.1 Å². The molecule has 1 rings (SSSR count). The number of carbonyl (C=O) groups is 1. The van der Waals surface area contributed by atoms with Crippen LogP contribution in [0.5, 0.6) is 0 Å². The highest BCUT2D eigenvalue weighted by Crippen LogP contribution is 2.18. The first-order valence-electron chi connectivity index (χ1n) is 6.84. The van der Waals surface area contributed by atoms with Crippen molar-refractivity contribution < 1.29 is 9.72 Å². The second kappa shape index (κ2) is 8.85. The van der Waals surface area contributed by atoms with Crippen LogP contribution in [0.25, 0.3) is 6.08 Å². The molecule has 0 aromatic heterocycles. The molecular weight excluding hydrogens is 256 g/mol. The molecule has 0 aliphatic carbocycles. The monoisotopic (exact) mass is 276 g/mol. The van der Waals surface area contributed by atoms with E-state index in [4.69, 9.17) is 0 Å². The molecule has 0 fully saturated rings. The van der Waals surface area contributed by atoms with Gasteiger partial charge in [-0.25, -0.2) is 0 Å². The van der Waals surface area contributed by atoms with E-state index in [0.717, 1.165) is 19.3 Å². The molecule has 0 spiro atoms. The van der Waals surface area contributed by atoms with Crippen molar-refractivity contribution in [1.82, 2.24) is 5.32 Å². The first-order chi connectivity index (χ1) is 9.65. The number of rotatable bonds is 8. The lowest BCUT2D eigenvalue weighted by molar-refractivity contribution is -0.385. The minimum Gasteiger partial charge on any atom is -0.353 e. The van der Waals surface area contributed by atoms with Crippen molar-refractivity contribution in [2.45, 2.75) is 32.6 Å². The maximum absolute atomic E-state index is 11.6. The lowest BCUT2D eigenvalue weighted by atomic mass is 10.1. The van der Waals surface area contributed by atoms with Crippen LogP contribution in [0.4, 0.5) is 5.69 Å². The van der Waals surface area contributed by atoms with Gasteiger partial charge in [0, 0.05) is 18.7 Å². The first kappa shape index (κ1) is 15.9. The molecule has 0 saturated heterocycles.